The van der Waals surface area contributed by atoms with Gasteiger partial charge in [-0.3, -0.25) is 14.4 Å². The second kappa shape index (κ2) is 12.0. The molecule has 1 unspecified atom stereocenters. The third kappa shape index (κ3) is 5.45. The van der Waals surface area contributed by atoms with E-state index in [2.05, 4.69) is 21.6 Å². The molecule has 0 radical (unpaired) electrons. The van der Waals surface area contributed by atoms with Crippen LogP contribution < -0.4 is 5.32 Å². The molecule has 1 saturated carbocycles. The molecular weight excluding hydrogens is 582 g/mol. The summed E-state index contributed by atoms with van der Waals surface area (Å²) < 4.78 is 6.27. The standard InChI is InChI=1S/C35H41N7O4/c1-20(37-19-31(43)42-27(18-36)15-26-16-30(26)42)17-35(34-39-38-21(2)46-34)28-11-9-24(32(44)40(3)4)13-22(28)7-8-23-14-25(10-12-29(23)35)33(45)41(5)6/h9-14,20,26-27,30,37H,7-8,15-17,19H2,1-6H3/t20-,26+,27?,30-/m0/s1. The zero-order valence-corrected chi connectivity index (χ0v) is 27.3. The molecule has 46 heavy (non-hydrogen) atoms. The number of aromatic nitrogens is 2. The molecule has 2 aliphatic carbocycles. The fraction of sp³-hybridized carbons (Fsp3) is 0.486. The number of rotatable bonds is 8. The molecule has 1 aliphatic heterocycles. The number of hydrogen-bond donors (Lipinski definition) is 1. The lowest BCUT2D eigenvalue weighted by Crippen LogP contribution is -2.46. The van der Waals surface area contributed by atoms with Gasteiger partial charge in [-0.25, -0.2) is 0 Å². The monoisotopic (exact) mass is 623 g/mol. The van der Waals surface area contributed by atoms with Crippen molar-refractivity contribution in [3.05, 3.63) is 81.6 Å². The summed E-state index contributed by atoms with van der Waals surface area (Å²) in [6.07, 6.45) is 3.46. The predicted molar refractivity (Wildman–Crippen MR) is 170 cm³/mol. The number of hydrogen-bond acceptors (Lipinski definition) is 8. The molecule has 1 aromatic heterocycles. The molecule has 1 saturated heterocycles. The van der Waals surface area contributed by atoms with Crippen molar-refractivity contribution < 1.29 is 18.8 Å². The molecule has 2 fully saturated rings. The van der Waals surface area contributed by atoms with Crippen LogP contribution in [0.3, 0.4) is 0 Å². The van der Waals surface area contributed by atoms with Crippen molar-refractivity contribution in [2.24, 2.45) is 5.92 Å². The summed E-state index contributed by atoms with van der Waals surface area (Å²) in [5, 5.41) is 21.9. The summed E-state index contributed by atoms with van der Waals surface area (Å²) in [6, 6.07) is 13.5. The largest absolute Gasteiger partial charge is 0.424 e. The van der Waals surface area contributed by atoms with Crippen LogP contribution in [0.2, 0.25) is 0 Å². The maximum atomic E-state index is 13.4. The highest BCUT2D eigenvalue weighted by Crippen LogP contribution is 2.49. The normalized spacial score (nSPS) is 21.2. The summed E-state index contributed by atoms with van der Waals surface area (Å²) >= 11 is 0. The summed E-state index contributed by atoms with van der Waals surface area (Å²) in [4.78, 5) is 44.3. The first-order chi connectivity index (χ1) is 21.9. The van der Waals surface area contributed by atoms with Crippen LogP contribution in [0, 0.1) is 24.2 Å². The van der Waals surface area contributed by atoms with Crippen molar-refractivity contribution >= 4 is 17.7 Å². The summed E-state index contributed by atoms with van der Waals surface area (Å²) in [7, 11) is 6.94. The van der Waals surface area contributed by atoms with Crippen LogP contribution in [0.5, 0.6) is 0 Å². The Kier molecular flexibility index (Phi) is 8.19. The van der Waals surface area contributed by atoms with Gasteiger partial charge in [0, 0.05) is 58.3 Å². The van der Waals surface area contributed by atoms with Crippen molar-refractivity contribution in [2.45, 2.75) is 69.5 Å². The van der Waals surface area contributed by atoms with Crippen LogP contribution >= 0.6 is 0 Å². The first-order valence-electron chi connectivity index (χ1n) is 15.9. The highest BCUT2D eigenvalue weighted by Gasteiger charge is 2.54. The third-order valence-corrected chi connectivity index (χ3v) is 9.75. The van der Waals surface area contributed by atoms with E-state index in [0.29, 0.717) is 48.1 Å². The van der Waals surface area contributed by atoms with E-state index in [4.69, 9.17) is 4.42 Å². The van der Waals surface area contributed by atoms with Crippen LogP contribution in [0.4, 0.5) is 0 Å². The number of benzene rings is 2. The number of nitrogens with one attached hydrogen (secondary N) is 1. The Bertz CT molecular complexity index is 1670. The summed E-state index contributed by atoms with van der Waals surface area (Å²) in [6.45, 7) is 3.89. The molecular formula is C35H41N7O4. The van der Waals surface area contributed by atoms with Gasteiger partial charge in [-0.2, -0.15) is 5.26 Å². The summed E-state index contributed by atoms with van der Waals surface area (Å²) in [5.74, 6) is 1.04. The molecule has 0 spiro atoms. The zero-order chi connectivity index (χ0) is 32.9. The van der Waals surface area contributed by atoms with Crippen LogP contribution in [0.15, 0.2) is 40.8 Å². The SMILES string of the molecule is Cc1nnc(C2(C[C@H](C)NCC(=O)N3C(C#N)C[C@@H]4C[C@@H]43)c3ccc(C(=O)N(C)C)cc3CCc3cc(C(=O)N(C)C)ccc32)o1. The Labute approximate surface area is 269 Å². The number of piperidine rings is 1. The Morgan fingerprint density at radius 2 is 1.59 bits per heavy atom. The fourth-order valence-electron chi connectivity index (χ4n) is 7.45. The molecule has 4 atom stereocenters. The fourth-order valence-corrected chi connectivity index (χ4v) is 7.45. The molecule has 1 N–H and O–H groups in total. The van der Waals surface area contributed by atoms with Gasteiger partial charge in [-0.1, -0.05) is 12.1 Å². The van der Waals surface area contributed by atoms with Gasteiger partial charge in [0.25, 0.3) is 11.8 Å². The Balaban J connectivity index is 1.44. The molecule has 6 rings (SSSR count). The number of nitriles is 1. The van der Waals surface area contributed by atoms with Crippen LogP contribution in [0.1, 0.15) is 80.9 Å². The molecule has 240 valence electrons. The quantitative estimate of drug-likeness (QED) is 0.405. The molecule has 0 bridgehead atoms. The molecule has 2 aromatic carbocycles. The Morgan fingerprint density at radius 3 is 2.09 bits per heavy atom. The van der Waals surface area contributed by atoms with E-state index in [1.807, 2.05) is 43.3 Å². The highest BCUT2D eigenvalue weighted by molar-refractivity contribution is 5.95. The molecule has 11 heteroatoms. The second-order valence-electron chi connectivity index (χ2n) is 13.4. The van der Waals surface area contributed by atoms with Crippen LogP contribution in [-0.2, 0) is 23.1 Å². The summed E-state index contributed by atoms with van der Waals surface area (Å²) in [5.41, 5.74) is 4.09. The maximum Gasteiger partial charge on any atom is 0.253 e. The minimum atomic E-state index is -0.943. The van der Waals surface area contributed by atoms with Gasteiger partial charge in [0.1, 0.15) is 11.5 Å². The number of carbonyl (C=O) groups is 3. The van der Waals surface area contributed by atoms with E-state index in [-0.39, 0.29) is 42.4 Å². The van der Waals surface area contributed by atoms with Gasteiger partial charge in [-0.15, -0.1) is 10.2 Å². The second-order valence-corrected chi connectivity index (χ2v) is 13.4. The Morgan fingerprint density at radius 1 is 1.00 bits per heavy atom. The molecule has 3 amide bonds. The van der Waals surface area contributed by atoms with E-state index < -0.39 is 5.41 Å². The van der Waals surface area contributed by atoms with E-state index in [0.717, 1.165) is 35.1 Å². The number of nitrogens with zero attached hydrogens (tertiary/aromatic N) is 6. The van der Waals surface area contributed by atoms with Crippen molar-refractivity contribution in [1.82, 2.24) is 30.2 Å². The first-order valence-corrected chi connectivity index (χ1v) is 15.9. The van der Waals surface area contributed by atoms with Crippen LogP contribution in [-0.4, -0.2) is 95.5 Å². The molecule has 3 aliphatic rings. The molecule has 11 nitrogen and oxygen atoms in total. The average molecular weight is 624 g/mol. The highest BCUT2D eigenvalue weighted by atomic mass is 16.4. The topological polar surface area (TPSA) is 136 Å². The van der Waals surface area contributed by atoms with E-state index in [9.17, 15) is 19.6 Å². The van der Waals surface area contributed by atoms with Crippen molar-refractivity contribution in [3.8, 4) is 6.07 Å². The van der Waals surface area contributed by atoms with Gasteiger partial charge in [0.2, 0.25) is 17.7 Å². The lowest BCUT2D eigenvalue weighted by Gasteiger charge is -2.36. The van der Waals surface area contributed by atoms with Gasteiger partial charge in [0.15, 0.2) is 0 Å². The van der Waals surface area contributed by atoms with E-state index >= 15 is 0 Å². The maximum absolute atomic E-state index is 13.4. The first kappa shape index (κ1) is 31.4. The van der Waals surface area contributed by atoms with Crippen molar-refractivity contribution in [1.29, 1.82) is 5.26 Å². The number of aryl methyl sites for hydroxylation is 3. The average Bonchev–Trinajstić information content (AvgIpc) is 3.53. The number of fused-ring (bicyclic) bond motifs is 3. The van der Waals surface area contributed by atoms with Gasteiger partial charge >= 0.3 is 0 Å². The third-order valence-electron chi connectivity index (χ3n) is 9.75. The van der Waals surface area contributed by atoms with Crippen molar-refractivity contribution in [3.63, 3.8) is 0 Å². The van der Waals surface area contributed by atoms with Gasteiger partial charge < -0.3 is 24.4 Å². The van der Waals surface area contributed by atoms with Gasteiger partial charge in [-0.05, 0) is 91.5 Å². The van der Waals surface area contributed by atoms with E-state index in [1.54, 1.807) is 49.8 Å². The predicted octanol–water partition coefficient (Wildman–Crippen LogP) is 3.10. The van der Waals surface area contributed by atoms with E-state index in [1.165, 1.54) is 0 Å². The smallest absolute Gasteiger partial charge is 0.253 e. The Hall–Kier alpha value is -4.56. The molecule has 3 aromatic rings. The number of amides is 3. The minimum absolute atomic E-state index is 0.0635. The van der Waals surface area contributed by atoms with Crippen LogP contribution in [0.25, 0.3) is 0 Å². The zero-order valence-electron chi connectivity index (χ0n) is 27.3. The number of carbonyl (C=O) groups excluding carboxylic acids is 3. The lowest BCUT2D eigenvalue weighted by atomic mass is 9.68. The molecule has 2 heterocycles. The minimum Gasteiger partial charge on any atom is -0.424 e. The number of likely N-dealkylation sites (tertiary alicyclic amines) is 1. The van der Waals surface area contributed by atoms with Crippen molar-refractivity contribution in [2.75, 3.05) is 34.7 Å². The lowest BCUT2D eigenvalue weighted by molar-refractivity contribution is -0.131. The van der Waals surface area contributed by atoms with Gasteiger partial charge in [0.05, 0.1) is 12.6 Å².